The third kappa shape index (κ3) is 8.49. The fraction of sp³-hybridized carbons (Fsp3) is 0.542. The van der Waals surface area contributed by atoms with Crippen molar-refractivity contribution in [3.8, 4) is 0 Å². The second-order valence-electron chi connectivity index (χ2n) is 9.14. The van der Waals surface area contributed by atoms with Crippen LogP contribution in [0.25, 0.3) is 0 Å². The van der Waals surface area contributed by atoms with Crippen LogP contribution in [0.5, 0.6) is 0 Å². The van der Waals surface area contributed by atoms with E-state index in [1.54, 1.807) is 16.8 Å². The van der Waals surface area contributed by atoms with Crippen LogP contribution in [0.15, 0.2) is 51.9 Å². The van der Waals surface area contributed by atoms with Crippen molar-refractivity contribution < 1.29 is 35.9 Å². The number of likely N-dealkylation sites (tertiary alicyclic amines) is 2. The van der Waals surface area contributed by atoms with Gasteiger partial charge in [0, 0.05) is 26.2 Å². The summed E-state index contributed by atoms with van der Waals surface area (Å²) in [5.41, 5.74) is -1.51. The number of carbonyl (C=O) groups is 2. The molecule has 6 nitrogen and oxygen atoms in total. The van der Waals surface area contributed by atoms with E-state index in [1.165, 1.54) is 0 Å². The van der Waals surface area contributed by atoms with Crippen LogP contribution in [0.1, 0.15) is 25.7 Å². The Morgan fingerprint density at radius 1 is 1.14 bits per heavy atom. The molecule has 37 heavy (non-hydrogen) atoms. The van der Waals surface area contributed by atoms with Gasteiger partial charge in [0.05, 0.1) is 10.5 Å². The first-order valence-corrected chi connectivity index (χ1v) is 12.5. The highest BCUT2D eigenvalue weighted by Crippen LogP contribution is 2.33. The molecule has 0 radical (unpaired) electrons. The van der Waals surface area contributed by atoms with Crippen molar-refractivity contribution in [2.75, 3.05) is 33.2 Å². The number of likely N-dealkylation sites (N-methyl/N-ethyl adjacent to an activating group) is 1. The number of thioether (sulfide) groups is 1. The maximum Gasteiger partial charge on any atom is 0.416 e. The normalized spacial score (nSPS) is 24.4. The number of rotatable bonds is 6. The summed E-state index contributed by atoms with van der Waals surface area (Å²) in [6.07, 6.45) is -3.67. The van der Waals surface area contributed by atoms with E-state index in [-0.39, 0.29) is 30.0 Å². The number of nitrogens with zero attached hydrogens (tertiary/aromatic N) is 3. The van der Waals surface area contributed by atoms with Crippen LogP contribution >= 0.6 is 11.8 Å². The van der Waals surface area contributed by atoms with E-state index in [0.29, 0.717) is 55.7 Å². The summed E-state index contributed by atoms with van der Waals surface area (Å²) in [4.78, 5) is 32.3. The second-order valence-corrected chi connectivity index (χ2v) is 10.1. The van der Waals surface area contributed by atoms with Crippen molar-refractivity contribution in [1.82, 2.24) is 15.1 Å². The highest BCUT2D eigenvalue weighted by Gasteiger charge is 2.35. The van der Waals surface area contributed by atoms with E-state index in [9.17, 15) is 35.9 Å². The zero-order valence-corrected chi connectivity index (χ0v) is 21.0. The van der Waals surface area contributed by atoms with E-state index in [1.807, 2.05) is 6.08 Å². The number of hydrogen-bond donors (Lipinski definition) is 1. The quantitative estimate of drug-likeness (QED) is 0.363. The van der Waals surface area contributed by atoms with Crippen LogP contribution in [0.3, 0.4) is 0 Å². The molecular formula is C24H28F6N4O2S. The lowest BCUT2D eigenvalue weighted by molar-refractivity contribution is -0.133. The van der Waals surface area contributed by atoms with Crippen LogP contribution in [0.4, 0.5) is 31.1 Å². The van der Waals surface area contributed by atoms with E-state index >= 15 is 0 Å². The fourth-order valence-corrected chi connectivity index (χ4v) is 5.08. The Morgan fingerprint density at radius 2 is 1.81 bits per heavy atom. The van der Waals surface area contributed by atoms with E-state index in [4.69, 9.17) is 0 Å². The first-order chi connectivity index (χ1) is 17.2. The van der Waals surface area contributed by atoms with E-state index in [2.05, 4.69) is 16.9 Å². The van der Waals surface area contributed by atoms with E-state index < -0.39 is 29.2 Å². The van der Waals surface area contributed by atoms with Gasteiger partial charge in [0.2, 0.25) is 5.91 Å². The summed E-state index contributed by atoms with van der Waals surface area (Å²) in [7, 11) is 1.72. The Labute approximate surface area is 215 Å². The van der Waals surface area contributed by atoms with Gasteiger partial charge in [-0.3, -0.25) is 14.5 Å². The topological polar surface area (TPSA) is 65.0 Å². The molecule has 1 N–H and O–H groups in total. The number of carbonyl (C=O) groups excluding carboxylic acids is 2. The van der Waals surface area contributed by atoms with Gasteiger partial charge in [-0.1, -0.05) is 24.8 Å². The second kappa shape index (κ2) is 11.9. The first kappa shape index (κ1) is 29.0. The molecule has 0 aromatic carbocycles. The van der Waals surface area contributed by atoms with Crippen LogP contribution in [0, 0.1) is 5.92 Å². The summed E-state index contributed by atoms with van der Waals surface area (Å²) in [5.74, 6) is 0.305. The fourth-order valence-electron chi connectivity index (χ4n) is 4.30. The smallest absolute Gasteiger partial charge is 0.357 e. The predicted octanol–water partition coefficient (Wildman–Crippen LogP) is 5.22. The summed E-state index contributed by atoms with van der Waals surface area (Å²) in [5, 5.41) is 2.69. The van der Waals surface area contributed by atoms with Gasteiger partial charge in [0.1, 0.15) is 11.9 Å². The predicted molar refractivity (Wildman–Crippen MR) is 130 cm³/mol. The van der Waals surface area contributed by atoms with Gasteiger partial charge in [0.15, 0.2) is 0 Å². The lowest BCUT2D eigenvalue weighted by Crippen LogP contribution is -2.50. The van der Waals surface area contributed by atoms with Crippen molar-refractivity contribution in [1.29, 1.82) is 0 Å². The molecule has 2 amide bonds. The Hall–Kier alpha value is -2.54. The molecule has 3 heterocycles. The lowest BCUT2D eigenvalue weighted by Gasteiger charge is -2.32. The number of nitrogens with one attached hydrogen (secondary N) is 1. The van der Waals surface area contributed by atoms with Crippen LogP contribution in [-0.2, 0) is 4.79 Å². The number of piperidine rings is 2. The molecule has 2 saturated heterocycles. The molecule has 0 aromatic heterocycles. The maximum absolute atomic E-state index is 13.2. The first-order valence-electron chi connectivity index (χ1n) is 11.7. The molecular weight excluding hydrogens is 522 g/mol. The molecule has 0 aliphatic carbocycles. The van der Waals surface area contributed by atoms with Gasteiger partial charge in [-0.15, -0.1) is 0 Å². The lowest BCUT2D eigenvalue weighted by atomic mass is 9.95. The number of amidine groups is 1. The Balaban J connectivity index is 1.62. The highest BCUT2D eigenvalue weighted by atomic mass is 32.2. The summed E-state index contributed by atoms with van der Waals surface area (Å²) in [6, 6.07) is -0.465. The Bertz CT molecular complexity index is 1020. The molecule has 3 aliphatic rings. The Kier molecular flexibility index (Phi) is 9.32. The van der Waals surface area contributed by atoms with Gasteiger partial charge in [-0.25, -0.2) is 0 Å². The van der Waals surface area contributed by atoms with Crippen molar-refractivity contribution in [3.05, 3.63) is 46.9 Å². The standard InChI is InChI=1S/C24H28F6N4O2S/c1-15(24(28,29)30)17(5-3-9-23(25,26)27)14-34-11-7-16(8-12-34)13-19-20(32-22(36)37-19)31-18-6-4-10-33(2)21(18)35/h3,5,9,13,16,18H,1,4,6-8,10-12,14H2,2H3,(H,31,32,36)/b9-3+,17-5-,19-13-. The molecule has 0 saturated carbocycles. The van der Waals surface area contributed by atoms with Crippen LogP contribution < -0.4 is 5.32 Å². The molecule has 2 fully saturated rings. The summed E-state index contributed by atoms with van der Waals surface area (Å²) < 4.78 is 76.8. The number of aliphatic imine (C=N–C) groups is 1. The zero-order chi connectivity index (χ0) is 27.4. The minimum atomic E-state index is -4.76. The molecule has 3 aliphatic heterocycles. The van der Waals surface area contributed by atoms with Gasteiger partial charge in [-0.05, 0) is 62.0 Å². The molecule has 0 aromatic rings. The third-order valence-electron chi connectivity index (χ3n) is 6.33. The molecule has 204 valence electrons. The number of amides is 2. The van der Waals surface area contributed by atoms with Gasteiger partial charge in [-0.2, -0.15) is 31.3 Å². The number of allylic oxidation sites excluding steroid dienone is 4. The third-order valence-corrected chi connectivity index (χ3v) is 7.15. The van der Waals surface area contributed by atoms with Crippen molar-refractivity contribution in [2.24, 2.45) is 10.9 Å². The molecule has 1 unspecified atom stereocenters. The highest BCUT2D eigenvalue weighted by molar-refractivity contribution is 8.18. The van der Waals surface area contributed by atoms with Gasteiger partial charge in [0.25, 0.3) is 0 Å². The minimum Gasteiger partial charge on any atom is -0.357 e. The number of halogens is 6. The monoisotopic (exact) mass is 550 g/mol. The summed E-state index contributed by atoms with van der Waals surface area (Å²) in [6.45, 7) is 4.33. The number of hydrogen-bond acceptors (Lipinski definition) is 5. The maximum atomic E-state index is 13.2. The largest absolute Gasteiger partial charge is 0.416 e. The molecule has 13 heteroatoms. The average molecular weight is 551 g/mol. The molecule has 3 rings (SSSR count). The van der Waals surface area contributed by atoms with Crippen LogP contribution in [0.2, 0.25) is 0 Å². The summed E-state index contributed by atoms with van der Waals surface area (Å²) >= 11 is 0.959. The average Bonchev–Trinajstić information content (AvgIpc) is 3.14. The molecule has 1 atom stereocenters. The molecule has 0 spiro atoms. The van der Waals surface area contributed by atoms with Crippen LogP contribution in [-0.4, -0.2) is 78.4 Å². The van der Waals surface area contributed by atoms with Crippen molar-refractivity contribution >= 4 is 28.7 Å². The van der Waals surface area contributed by atoms with Gasteiger partial charge >= 0.3 is 17.6 Å². The number of alkyl halides is 6. The van der Waals surface area contributed by atoms with Crippen molar-refractivity contribution in [3.63, 3.8) is 0 Å². The van der Waals surface area contributed by atoms with Crippen molar-refractivity contribution in [2.45, 2.75) is 44.1 Å². The zero-order valence-electron chi connectivity index (χ0n) is 20.2. The SMILES string of the molecule is C=C(/C(=C\C=C\C(F)(F)F)CN1CCC(/C=C2\SC(=O)N=C2NC2CCCN(C)C2=O)CC1)C(F)(F)F. The Morgan fingerprint density at radius 3 is 2.43 bits per heavy atom. The van der Waals surface area contributed by atoms with E-state index in [0.717, 1.165) is 24.3 Å². The molecule has 0 bridgehead atoms. The minimum absolute atomic E-state index is 0.0183. The van der Waals surface area contributed by atoms with Gasteiger partial charge < -0.3 is 10.2 Å².